The number of hydrogen-bond donors (Lipinski definition) is 3. The molecule has 2 amide bonds. The Balaban J connectivity index is 1.72. The van der Waals surface area contributed by atoms with Gasteiger partial charge >= 0.3 is 0 Å². The Morgan fingerprint density at radius 1 is 1.10 bits per heavy atom. The number of rotatable bonds is 4. The fourth-order valence-corrected chi connectivity index (χ4v) is 3.91. The highest BCUT2D eigenvalue weighted by Crippen LogP contribution is 2.24. The van der Waals surface area contributed by atoms with E-state index in [1.54, 1.807) is 6.92 Å². The summed E-state index contributed by atoms with van der Waals surface area (Å²) in [6.45, 7) is 1.62. The molecule has 12 heteroatoms. The lowest BCUT2D eigenvalue weighted by molar-refractivity contribution is 0.0880. The quantitative estimate of drug-likeness (QED) is 0.515. The highest BCUT2D eigenvalue weighted by molar-refractivity contribution is 7.92. The molecule has 0 saturated carbocycles. The van der Waals surface area contributed by atoms with Crippen molar-refractivity contribution in [2.45, 2.75) is 11.8 Å². The van der Waals surface area contributed by atoms with Crippen molar-refractivity contribution in [3.63, 3.8) is 0 Å². The second kappa shape index (κ2) is 6.31. The first-order valence-electron chi connectivity index (χ1n) is 8.15. The zero-order chi connectivity index (χ0) is 20.9. The molecule has 2 aromatic heterocycles. The molecular weight excluding hydrogens is 402 g/mol. The largest absolute Gasteiger partial charge is 0.384 e. The Kier molecular flexibility index (Phi) is 4.01. The summed E-state index contributed by atoms with van der Waals surface area (Å²) in [5, 5.41) is 5.64. The Bertz CT molecular complexity index is 1340. The third kappa shape index (κ3) is 3.04. The van der Waals surface area contributed by atoms with Gasteiger partial charge in [-0.05, 0) is 31.2 Å². The van der Waals surface area contributed by atoms with Gasteiger partial charge in [-0.1, -0.05) is 5.16 Å². The monoisotopic (exact) mass is 415 g/mol. The number of nitrogen functional groups attached to an aromatic ring is 1. The van der Waals surface area contributed by atoms with Crippen LogP contribution in [0.25, 0.3) is 5.69 Å². The Labute approximate surface area is 163 Å². The number of aromatic nitrogens is 2. The Morgan fingerprint density at radius 3 is 2.41 bits per heavy atom. The molecule has 0 saturated heterocycles. The third-order valence-electron chi connectivity index (χ3n) is 4.23. The molecule has 1 aromatic carbocycles. The number of nitrogens with two attached hydrogens (primary N) is 1. The van der Waals surface area contributed by atoms with Gasteiger partial charge in [0.15, 0.2) is 5.82 Å². The fraction of sp³-hybridized carbons (Fsp3) is 0.0588. The third-order valence-corrected chi connectivity index (χ3v) is 5.60. The van der Waals surface area contributed by atoms with Crippen LogP contribution in [0.2, 0.25) is 0 Å². The van der Waals surface area contributed by atoms with Crippen LogP contribution in [0, 0.1) is 6.92 Å². The summed E-state index contributed by atoms with van der Waals surface area (Å²) in [6, 6.07) is 7.64. The average molecular weight is 415 g/mol. The van der Waals surface area contributed by atoms with Crippen LogP contribution in [0.3, 0.4) is 0 Å². The zero-order valence-corrected chi connectivity index (χ0v) is 15.6. The summed E-state index contributed by atoms with van der Waals surface area (Å²) in [4.78, 5) is 36.0. The van der Waals surface area contributed by atoms with Crippen molar-refractivity contribution in [3.05, 3.63) is 63.6 Å². The normalized spacial score (nSPS) is 13.3. The highest BCUT2D eigenvalue weighted by Gasteiger charge is 2.31. The van der Waals surface area contributed by atoms with Crippen LogP contribution in [-0.2, 0) is 10.0 Å². The number of imide groups is 1. The average Bonchev–Trinajstić information content (AvgIpc) is 3.17. The van der Waals surface area contributed by atoms with Gasteiger partial charge in [-0.25, -0.2) is 8.42 Å². The van der Waals surface area contributed by atoms with Gasteiger partial charge in [0.05, 0.1) is 21.7 Å². The number of hydrogen-bond acceptors (Lipinski definition) is 8. The van der Waals surface area contributed by atoms with Crippen LogP contribution >= 0.6 is 0 Å². The molecule has 4 rings (SSSR count). The molecular formula is C17H13N5O6S. The van der Waals surface area contributed by atoms with Gasteiger partial charge in [0.1, 0.15) is 11.6 Å². The number of benzene rings is 1. The van der Waals surface area contributed by atoms with Crippen molar-refractivity contribution in [2.75, 3.05) is 10.5 Å². The number of carbonyl (C=O) groups excluding carboxylic acids is 2. The van der Waals surface area contributed by atoms with E-state index in [4.69, 9.17) is 10.3 Å². The predicted molar refractivity (Wildman–Crippen MR) is 100 cm³/mol. The van der Waals surface area contributed by atoms with Crippen molar-refractivity contribution >= 4 is 33.5 Å². The van der Waals surface area contributed by atoms with E-state index in [0.717, 1.165) is 10.6 Å². The number of aryl methyl sites for hydroxylation is 1. The van der Waals surface area contributed by atoms with E-state index in [9.17, 15) is 22.8 Å². The van der Waals surface area contributed by atoms with Gasteiger partial charge in [0.2, 0.25) is 0 Å². The molecule has 1 aliphatic rings. The molecule has 4 N–H and O–H groups in total. The standard InChI is InChI=1S/C17H13N5O6S/c1-8-6-12(20-28-8)21-29(26,27)10-4-2-9(3-5-10)22-13(23)7-11-14(15(22)18)17(25)19-16(11)24/h2-7H,18H2,1H3,(H,20,21)(H,19,24,25). The minimum absolute atomic E-state index is 0.0290. The predicted octanol–water partition coefficient (Wildman–Crippen LogP) is 0.401. The van der Waals surface area contributed by atoms with Crippen molar-refractivity contribution in [2.24, 2.45) is 0 Å². The van der Waals surface area contributed by atoms with Gasteiger partial charge in [0.25, 0.3) is 27.4 Å². The summed E-state index contributed by atoms with van der Waals surface area (Å²) < 4.78 is 33.0. The van der Waals surface area contributed by atoms with Crippen LogP contribution in [-0.4, -0.2) is 30.0 Å². The summed E-state index contributed by atoms with van der Waals surface area (Å²) in [5.74, 6) is -1.16. The molecule has 0 fully saturated rings. The molecule has 0 unspecified atom stereocenters. The molecule has 3 aromatic rings. The smallest absolute Gasteiger partial charge is 0.263 e. The van der Waals surface area contributed by atoms with E-state index in [2.05, 4.69) is 15.2 Å². The molecule has 0 radical (unpaired) electrons. The molecule has 0 spiro atoms. The summed E-state index contributed by atoms with van der Waals surface area (Å²) in [7, 11) is -3.94. The Hall–Kier alpha value is -3.93. The highest BCUT2D eigenvalue weighted by atomic mass is 32.2. The first kappa shape index (κ1) is 18.4. The SMILES string of the molecule is Cc1cc(NS(=O)(=O)c2ccc(-n3c(N)c4c(cc3=O)C(=O)NC4=O)cc2)no1. The lowest BCUT2D eigenvalue weighted by Crippen LogP contribution is -2.24. The van der Waals surface area contributed by atoms with Crippen LogP contribution in [0.1, 0.15) is 26.5 Å². The number of fused-ring (bicyclic) bond motifs is 1. The molecule has 3 heterocycles. The van der Waals surface area contributed by atoms with Gasteiger partial charge in [-0.3, -0.25) is 29.0 Å². The second-order valence-electron chi connectivity index (χ2n) is 6.20. The summed E-state index contributed by atoms with van der Waals surface area (Å²) >= 11 is 0. The van der Waals surface area contributed by atoms with E-state index in [1.807, 2.05) is 0 Å². The number of sulfonamides is 1. The first-order valence-corrected chi connectivity index (χ1v) is 9.63. The molecule has 29 heavy (non-hydrogen) atoms. The minimum Gasteiger partial charge on any atom is -0.384 e. The Morgan fingerprint density at radius 2 is 1.79 bits per heavy atom. The molecule has 0 aliphatic carbocycles. The van der Waals surface area contributed by atoms with Crippen molar-refractivity contribution in [3.8, 4) is 5.69 Å². The summed E-state index contributed by atoms with van der Waals surface area (Å²) in [6.07, 6.45) is 0. The number of nitrogens with zero attached hydrogens (tertiary/aromatic N) is 2. The maximum atomic E-state index is 12.4. The van der Waals surface area contributed by atoms with E-state index < -0.39 is 27.4 Å². The maximum Gasteiger partial charge on any atom is 0.263 e. The van der Waals surface area contributed by atoms with E-state index >= 15 is 0 Å². The lowest BCUT2D eigenvalue weighted by Gasteiger charge is -2.12. The van der Waals surface area contributed by atoms with Crippen LogP contribution < -0.4 is 21.3 Å². The lowest BCUT2D eigenvalue weighted by atomic mass is 10.1. The van der Waals surface area contributed by atoms with Crippen molar-refractivity contribution in [1.29, 1.82) is 0 Å². The molecule has 0 bridgehead atoms. The summed E-state index contributed by atoms with van der Waals surface area (Å²) in [5.41, 5.74) is 5.33. The fourth-order valence-electron chi connectivity index (χ4n) is 2.93. The first-order chi connectivity index (χ1) is 13.7. The molecule has 148 valence electrons. The number of pyridine rings is 1. The van der Waals surface area contributed by atoms with E-state index in [0.29, 0.717) is 5.76 Å². The van der Waals surface area contributed by atoms with Crippen LogP contribution in [0.5, 0.6) is 0 Å². The van der Waals surface area contributed by atoms with E-state index in [-0.39, 0.29) is 33.3 Å². The number of amides is 2. The number of anilines is 2. The topological polar surface area (TPSA) is 166 Å². The maximum absolute atomic E-state index is 12.4. The van der Waals surface area contributed by atoms with Crippen molar-refractivity contribution in [1.82, 2.24) is 15.0 Å². The van der Waals surface area contributed by atoms with Gasteiger partial charge in [-0.15, -0.1) is 0 Å². The van der Waals surface area contributed by atoms with E-state index in [1.165, 1.54) is 30.3 Å². The minimum atomic E-state index is -3.94. The zero-order valence-electron chi connectivity index (χ0n) is 14.8. The molecule has 1 aliphatic heterocycles. The van der Waals surface area contributed by atoms with Crippen LogP contribution in [0.4, 0.5) is 11.6 Å². The number of nitrogens with one attached hydrogen (secondary N) is 2. The molecule has 0 atom stereocenters. The van der Waals surface area contributed by atoms with Gasteiger partial charge in [-0.2, -0.15) is 0 Å². The van der Waals surface area contributed by atoms with Gasteiger partial charge < -0.3 is 10.3 Å². The molecule has 11 nitrogen and oxygen atoms in total. The van der Waals surface area contributed by atoms with Gasteiger partial charge in [0, 0.05) is 12.1 Å². The number of carbonyl (C=O) groups is 2. The second-order valence-corrected chi connectivity index (χ2v) is 7.88. The van der Waals surface area contributed by atoms with Crippen LogP contribution in [0.15, 0.2) is 50.6 Å². The van der Waals surface area contributed by atoms with Crippen molar-refractivity contribution < 1.29 is 22.5 Å².